The Hall–Kier alpha value is -2.38. The molecule has 20 heavy (non-hydrogen) atoms. The van der Waals surface area contributed by atoms with E-state index >= 15 is 0 Å². The van der Waals surface area contributed by atoms with Crippen LogP contribution >= 0.6 is 0 Å². The van der Waals surface area contributed by atoms with Gasteiger partial charge in [0.15, 0.2) is 23.3 Å². The maximum Gasteiger partial charge on any atom is 0.212 e. The molecule has 1 aliphatic rings. The highest BCUT2D eigenvalue weighted by atomic mass is 19.2. The maximum atomic E-state index is 13.4. The lowest BCUT2D eigenvalue weighted by Gasteiger charge is -2.22. The van der Waals surface area contributed by atoms with Crippen molar-refractivity contribution in [3.05, 3.63) is 47.0 Å². The molecule has 1 heterocycles. The van der Waals surface area contributed by atoms with Gasteiger partial charge in [-0.1, -0.05) is 0 Å². The molecule has 104 valence electrons. The van der Waals surface area contributed by atoms with E-state index in [-0.39, 0.29) is 12.1 Å². The van der Waals surface area contributed by atoms with Gasteiger partial charge in [0.1, 0.15) is 0 Å². The average Bonchev–Trinajstić information content (AvgIpc) is 2.41. The van der Waals surface area contributed by atoms with Gasteiger partial charge in [0.25, 0.3) is 0 Å². The van der Waals surface area contributed by atoms with Crippen LogP contribution in [0.5, 0.6) is 23.0 Å². The number of rotatable bonds is 0. The molecule has 2 aromatic rings. The molecule has 0 spiro atoms. The number of fused-ring (bicyclic) bond motifs is 2. The second kappa shape index (κ2) is 4.06. The van der Waals surface area contributed by atoms with E-state index in [2.05, 4.69) is 9.47 Å². The van der Waals surface area contributed by atoms with Crippen LogP contribution in [0.25, 0.3) is 0 Å². The van der Waals surface area contributed by atoms with Crippen molar-refractivity contribution < 1.29 is 35.8 Å². The molecular formula is C12H2F6O2. The van der Waals surface area contributed by atoms with E-state index in [1.807, 2.05) is 0 Å². The van der Waals surface area contributed by atoms with Gasteiger partial charge in [-0.2, -0.15) is 8.78 Å². The van der Waals surface area contributed by atoms with Gasteiger partial charge in [-0.15, -0.1) is 0 Å². The molecule has 0 radical (unpaired) electrons. The van der Waals surface area contributed by atoms with Gasteiger partial charge in [0.2, 0.25) is 34.6 Å². The highest BCUT2D eigenvalue weighted by Gasteiger charge is 2.33. The Kier molecular flexibility index (Phi) is 2.56. The Morgan fingerprint density at radius 1 is 0.500 bits per heavy atom. The standard InChI is InChI=1S/C12H2F6O2/c13-3-1-5(15)9-11(7(3)17)20-12-8(18)4(14)2-6(16)10(12)19-9/h1-2H. The molecule has 1 aliphatic heterocycles. The third-order valence-electron chi connectivity index (χ3n) is 2.58. The fourth-order valence-electron chi connectivity index (χ4n) is 1.69. The fraction of sp³-hybridized carbons (Fsp3) is 0. The number of halogens is 6. The van der Waals surface area contributed by atoms with Crippen LogP contribution in [0, 0.1) is 34.9 Å². The molecule has 0 unspecified atom stereocenters. The minimum absolute atomic E-state index is 0.153. The summed E-state index contributed by atoms with van der Waals surface area (Å²) in [6.45, 7) is 0. The van der Waals surface area contributed by atoms with Gasteiger partial charge < -0.3 is 9.47 Å². The summed E-state index contributed by atoms with van der Waals surface area (Å²) in [4.78, 5) is 0. The van der Waals surface area contributed by atoms with E-state index < -0.39 is 57.9 Å². The first-order valence-corrected chi connectivity index (χ1v) is 5.11. The summed E-state index contributed by atoms with van der Waals surface area (Å²) < 4.78 is 88.9. The minimum atomic E-state index is -1.67. The lowest BCUT2D eigenvalue weighted by atomic mass is 10.2. The molecule has 0 aliphatic carbocycles. The van der Waals surface area contributed by atoms with Crippen molar-refractivity contribution >= 4 is 0 Å². The van der Waals surface area contributed by atoms with E-state index in [4.69, 9.17) is 0 Å². The quantitative estimate of drug-likeness (QED) is 0.451. The number of ether oxygens (including phenoxy) is 2. The van der Waals surface area contributed by atoms with Crippen molar-refractivity contribution in [1.29, 1.82) is 0 Å². The Labute approximate surface area is 107 Å². The first-order chi connectivity index (χ1) is 9.40. The maximum absolute atomic E-state index is 13.4. The average molecular weight is 292 g/mol. The molecule has 2 aromatic carbocycles. The molecule has 0 fully saturated rings. The smallest absolute Gasteiger partial charge is 0.212 e. The minimum Gasteiger partial charge on any atom is -0.443 e. The molecule has 0 atom stereocenters. The second-order valence-corrected chi connectivity index (χ2v) is 3.83. The first kappa shape index (κ1) is 12.6. The van der Waals surface area contributed by atoms with Crippen molar-refractivity contribution in [2.75, 3.05) is 0 Å². The molecular weight excluding hydrogens is 290 g/mol. The van der Waals surface area contributed by atoms with E-state index in [0.717, 1.165) is 0 Å². The molecule has 0 aromatic heterocycles. The highest BCUT2D eigenvalue weighted by molar-refractivity contribution is 5.56. The molecule has 2 nitrogen and oxygen atoms in total. The van der Waals surface area contributed by atoms with Crippen LogP contribution in [-0.2, 0) is 0 Å². The molecule has 0 saturated heterocycles. The number of benzene rings is 2. The second-order valence-electron chi connectivity index (χ2n) is 3.83. The molecule has 0 saturated carbocycles. The zero-order valence-corrected chi connectivity index (χ0v) is 9.24. The Balaban J connectivity index is 2.27. The van der Waals surface area contributed by atoms with Crippen LogP contribution in [0.2, 0.25) is 0 Å². The number of hydrogen-bond acceptors (Lipinski definition) is 2. The SMILES string of the molecule is Fc1cc(F)c2c(c1F)Oc1c(F)c(F)cc(F)c1O2. The van der Waals surface area contributed by atoms with E-state index in [1.54, 1.807) is 0 Å². The first-order valence-electron chi connectivity index (χ1n) is 5.11. The largest absolute Gasteiger partial charge is 0.443 e. The van der Waals surface area contributed by atoms with Crippen LogP contribution in [-0.4, -0.2) is 0 Å². The predicted molar refractivity (Wildman–Crippen MR) is 52.8 cm³/mol. The van der Waals surface area contributed by atoms with Gasteiger partial charge in [-0.25, -0.2) is 17.6 Å². The van der Waals surface area contributed by atoms with Crippen LogP contribution in [0.1, 0.15) is 0 Å². The summed E-state index contributed by atoms with van der Waals surface area (Å²) in [5, 5.41) is 0. The van der Waals surface area contributed by atoms with E-state index in [9.17, 15) is 26.3 Å². The fourth-order valence-corrected chi connectivity index (χ4v) is 1.69. The Morgan fingerprint density at radius 2 is 0.850 bits per heavy atom. The normalized spacial score (nSPS) is 12.3. The molecule has 3 rings (SSSR count). The van der Waals surface area contributed by atoms with Crippen LogP contribution in [0.3, 0.4) is 0 Å². The monoisotopic (exact) mass is 292 g/mol. The Bertz CT molecular complexity index is 682. The number of hydrogen-bond donors (Lipinski definition) is 0. The molecule has 8 heteroatoms. The van der Waals surface area contributed by atoms with Crippen molar-refractivity contribution in [1.82, 2.24) is 0 Å². The van der Waals surface area contributed by atoms with E-state index in [0.29, 0.717) is 0 Å². The van der Waals surface area contributed by atoms with Gasteiger partial charge in [-0.05, 0) is 0 Å². The summed E-state index contributed by atoms with van der Waals surface area (Å²) in [6, 6.07) is 0.306. The highest BCUT2D eigenvalue weighted by Crippen LogP contribution is 2.50. The van der Waals surface area contributed by atoms with Gasteiger partial charge in [-0.3, -0.25) is 0 Å². The Morgan fingerprint density at radius 3 is 1.25 bits per heavy atom. The van der Waals surface area contributed by atoms with E-state index in [1.165, 1.54) is 0 Å². The van der Waals surface area contributed by atoms with Gasteiger partial charge in [0.05, 0.1) is 0 Å². The summed E-state index contributed by atoms with van der Waals surface area (Å²) in [5.74, 6) is -13.5. The third kappa shape index (κ3) is 1.60. The summed E-state index contributed by atoms with van der Waals surface area (Å²) in [6.07, 6.45) is 0. The molecule has 0 N–H and O–H groups in total. The van der Waals surface area contributed by atoms with Gasteiger partial charge >= 0.3 is 0 Å². The zero-order valence-electron chi connectivity index (χ0n) is 9.24. The lowest BCUT2D eigenvalue weighted by Crippen LogP contribution is -2.08. The lowest BCUT2D eigenvalue weighted by molar-refractivity contribution is 0.287. The molecule has 0 bridgehead atoms. The molecule has 0 amide bonds. The third-order valence-corrected chi connectivity index (χ3v) is 2.58. The summed E-state index contributed by atoms with van der Waals surface area (Å²) in [7, 11) is 0. The zero-order chi connectivity index (χ0) is 14.6. The van der Waals surface area contributed by atoms with Crippen LogP contribution in [0.4, 0.5) is 26.3 Å². The van der Waals surface area contributed by atoms with Crippen molar-refractivity contribution in [3.8, 4) is 23.0 Å². The summed E-state index contributed by atoms with van der Waals surface area (Å²) >= 11 is 0. The predicted octanol–water partition coefficient (Wildman–Crippen LogP) is 4.42. The van der Waals surface area contributed by atoms with Crippen molar-refractivity contribution in [3.63, 3.8) is 0 Å². The summed E-state index contributed by atoms with van der Waals surface area (Å²) in [5.41, 5.74) is 0. The van der Waals surface area contributed by atoms with Crippen LogP contribution < -0.4 is 9.47 Å². The van der Waals surface area contributed by atoms with Crippen molar-refractivity contribution in [2.24, 2.45) is 0 Å². The van der Waals surface area contributed by atoms with Gasteiger partial charge in [0, 0.05) is 12.1 Å². The van der Waals surface area contributed by atoms with Crippen LogP contribution in [0.15, 0.2) is 12.1 Å². The van der Waals surface area contributed by atoms with Crippen molar-refractivity contribution in [2.45, 2.75) is 0 Å². The topological polar surface area (TPSA) is 18.5 Å².